The van der Waals surface area contributed by atoms with Gasteiger partial charge in [0.15, 0.2) is 5.75 Å². The Bertz CT molecular complexity index is 796. The lowest BCUT2D eigenvalue weighted by atomic mass is 10.1. The minimum Gasteiger partial charge on any atom is -0.497 e. The molecule has 0 saturated heterocycles. The molecule has 0 atom stereocenters. The third-order valence-electron chi connectivity index (χ3n) is 3.61. The molecule has 4 nitrogen and oxygen atoms in total. The standard InChI is InChI=1S/C20H20N2O2S/c1-23-17-6-2-7-18(15-17)25-20-19(8-3-11-22-20)24-14-4-5-16-9-12-21-13-10-16/h2-3,6-13,15H,4-5,14H2,1H3. The second-order valence-corrected chi connectivity index (χ2v) is 6.46. The molecule has 0 N–H and O–H groups in total. The largest absolute Gasteiger partial charge is 0.497 e. The van der Waals surface area contributed by atoms with Gasteiger partial charge in [-0.15, -0.1) is 0 Å². The van der Waals surface area contributed by atoms with Gasteiger partial charge < -0.3 is 9.47 Å². The van der Waals surface area contributed by atoms with E-state index in [0.29, 0.717) is 6.61 Å². The van der Waals surface area contributed by atoms with Gasteiger partial charge in [-0.25, -0.2) is 4.98 Å². The molecule has 0 aliphatic heterocycles. The van der Waals surface area contributed by atoms with E-state index in [9.17, 15) is 0 Å². The summed E-state index contributed by atoms with van der Waals surface area (Å²) < 4.78 is 11.2. The van der Waals surface area contributed by atoms with Gasteiger partial charge in [-0.2, -0.15) is 0 Å². The van der Waals surface area contributed by atoms with E-state index >= 15 is 0 Å². The van der Waals surface area contributed by atoms with Crippen LogP contribution in [0.3, 0.4) is 0 Å². The van der Waals surface area contributed by atoms with Gasteiger partial charge in [0.25, 0.3) is 0 Å². The summed E-state index contributed by atoms with van der Waals surface area (Å²) in [7, 11) is 1.67. The molecule has 0 saturated carbocycles. The summed E-state index contributed by atoms with van der Waals surface area (Å²) in [4.78, 5) is 9.56. The second kappa shape index (κ2) is 9.08. The van der Waals surface area contributed by atoms with E-state index in [2.05, 4.69) is 9.97 Å². The van der Waals surface area contributed by atoms with E-state index in [1.807, 2.05) is 60.9 Å². The van der Waals surface area contributed by atoms with Crippen LogP contribution in [0.4, 0.5) is 0 Å². The minimum absolute atomic E-state index is 0.652. The van der Waals surface area contributed by atoms with Gasteiger partial charge in [-0.1, -0.05) is 17.8 Å². The predicted molar refractivity (Wildman–Crippen MR) is 99.4 cm³/mol. The van der Waals surface area contributed by atoms with Crippen LogP contribution in [-0.4, -0.2) is 23.7 Å². The lowest BCUT2D eigenvalue weighted by Crippen LogP contribution is -2.01. The number of hydrogen-bond acceptors (Lipinski definition) is 5. The van der Waals surface area contributed by atoms with E-state index < -0.39 is 0 Å². The smallest absolute Gasteiger partial charge is 0.151 e. The van der Waals surface area contributed by atoms with Crippen molar-refractivity contribution in [2.24, 2.45) is 0 Å². The highest BCUT2D eigenvalue weighted by Gasteiger charge is 2.08. The van der Waals surface area contributed by atoms with Crippen LogP contribution in [0, 0.1) is 0 Å². The number of pyridine rings is 2. The quantitative estimate of drug-likeness (QED) is 0.552. The fourth-order valence-electron chi connectivity index (χ4n) is 2.35. The van der Waals surface area contributed by atoms with Crippen molar-refractivity contribution in [3.8, 4) is 11.5 Å². The SMILES string of the molecule is COc1cccc(Sc2ncccc2OCCCc2ccncc2)c1. The number of hydrogen-bond donors (Lipinski definition) is 0. The molecule has 1 aromatic carbocycles. The maximum Gasteiger partial charge on any atom is 0.151 e. The maximum atomic E-state index is 5.96. The van der Waals surface area contributed by atoms with Gasteiger partial charge >= 0.3 is 0 Å². The molecule has 0 spiro atoms. The van der Waals surface area contributed by atoms with Crippen molar-refractivity contribution in [2.45, 2.75) is 22.8 Å². The Balaban J connectivity index is 1.58. The van der Waals surface area contributed by atoms with Crippen molar-refractivity contribution in [2.75, 3.05) is 13.7 Å². The molecule has 5 heteroatoms. The highest BCUT2D eigenvalue weighted by atomic mass is 32.2. The van der Waals surface area contributed by atoms with Crippen LogP contribution in [0.15, 0.2) is 77.0 Å². The Morgan fingerprint density at radius 3 is 2.72 bits per heavy atom. The van der Waals surface area contributed by atoms with Crippen LogP contribution in [0.2, 0.25) is 0 Å². The molecule has 3 rings (SSSR count). The van der Waals surface area contributed by atoms with Gasteiger partial charge in [0.2, 0.25) is 0 Å². The van der Waals surface area contributed by atoms with Crippen molar-refractivity contribution >= 4 is 11.8 Å². The van der Waals surface area contributed by atoms with Gasteiger partial charge in [-0.3, -0.25) is 4.98 Å². The molecule has 0 amide bonds. The molecular formula is C20H20N2O2S. The van der Waals surface area contributed by atoms with Crippen molar-refractivity contribution in [3.63, 3.8) is 0 Å². The number of methoxy groups -OCH3 is 1. The second-order valence-electron chi connectivity index (χ2n) is 5.40. The molecule has 2 aromatic heterocycles. The maximum absolute atomic E-state index is 5.96. The predicted octanol–water partition coefficient (Wildman–Crippen LogP) is 4.65. The highest BCUT2D eigenvalue weighted by molar-refractivity contribution is 7.99. The van der Waals surface area contributed by atoms with E-state index in [4.69, 9.17) is 9.47 Å². The van der Waals surface area contributed by atoms with Crippen molar-refractivity contribution in [3.05, 3.63) is 72.7 Å². The van der Waals surface area contributed by atoms with Gasteiger partial charge in [0.1, 0.15) is 10.8 Å². The normalized spacial score (nSPS) is 10.4. The summed E-state index contributed by atoms with van der Waals surface area (Å²) in [5.74, 6) is 1.64. The number of aromatic nitrogens is 2. The summed E-state index contributed by atoms with van der Waals surface area (Å²) in [5.41, 5.74) is 1.27. The number of ether oxygens (including phenoxy) is 2. The van der Waals surface area contributed by atoms with Crippen molar-refractivity contribution < 1.29 is 9.47 Å². The first-order valence-corrected chi connectivity index (χ1v) is 8.95. The van der Waals surface area contributed by atoms with Crippen LogP contribution < -0.4 is 9.47 Å². The van der Waals surface area contributed by atoms with Gasteiger partial charge in [-0.05, 0) is 60.9 Å². The average molecular weight is 352 g/mol. The molecule has 0 fully saturated rings. The molecule has 0 aliphatic rings. The zero-order chi connectivity index (χ0) is 17.3. The summed E-state index contributed by atoms with van der Waals surface area (Å²) in [6.45, 7) is 0.652. The first kappa shape index (κ1) is 17.3. The van der Waals surface area contributed by atoms with Crippen molar-refractivity contribution in [1.82, 2.24) is 9.97 Å². The molecule has 0 radical (unpaired) electrons. The third-order valence-corrected chi connectivity index (χ3v) is 4.60. The van der Waals surface area contributed by atoms with Gasteiger partial charge in [0, 0.05) is 23.5 Å². The minimum atomic E-state index is 0.652. The monoisotopic (exact) mass is 352 g/mol. The summed E-state index contributed by atoms with van der Waals surface area (Å²) in [6.07, 6.45) is 7.34. The lowest BCUT2D eigenvalue weighted by Gasteiger charge is -2.10. The van der Waals surface area contributed by atoms with Crippen LogP contribution in [0.25, 0.3) is 0 Å². The van der Waals surface area contributed by atoms with E-state index in [1.165, 1.54) is 5.56 Å². The molecule has 0 unspecified atom stereocenters. The fraction of sp³-hybridized carbons (Fsp3) is 0.200. The Hall–Kier alpha value is -2.53. The van der Waals surface area contributed by atoms with Crippen LogP contribution in [-0.2, 0) is 6.42 Å². The topological polar surface area (TPSA) is 44.2 Å². The van der Waals surface area contributed by atoms with Gasteiger partial charge in [0.05, 0.1) is 13.7 Å². The Morgan fingerprint density at radius 1 is 1.00 bits per heavy atom. The molecular weight excluding hydrogens is 332 g/mol. The molecule has 0 bridgehead atoms. The molecule has 128 valence electrons. The Morgan fingerprint density at radius 2 is 1.88 bits per heavy atom. The first-order chi connectivity index (χ1) is 12.3. The van der Waals surface area contributed by atoms with E-state index in [-0.39, 0.29) is 0 Å². The summed E-state index contributed by atoms with van der Waals surface area (Å²) >= 11 is 1.57. The van der Waals surface area contributed by atoms with E-state index in [1.54, 1.807) is 25.1 Å². The molecule has 25 heavy (non-hydrogen) atoms. The third kappa shape index (κ3) is 5.22. The fourth-order valence-corrected chi connectivity index (χ4v) is 3.23. The zero-order valence-electron chi connectivity index (χ0n) is 14.1. The summed E-state index contributed by atoms with van der Waals surface area (Å²) in [6, 6.07) is 15.9. The van der Waals surface area contributed by atoms with Crippen LogP contribution in [0.5, 0.6) is 11.5 Å². The first-order valence-electron chi connectivity index (χ1n) is 8.14. The number of nitrogens with zero attached hydrogens (tertiary/aromatic N) is 2. The number of rotatable bonds is 8. The average Bonchev–Trinajstić information content (AvgIpc) is 2.67. The van der Waals surface area contributed by atoms with E-state index in [0.717, 1.165) is 34.3 Å². The summed E-state index contributed by atoms with van der Waals surface area (Å²) in [5, 5.41) is 0.861. The molecule has 0 aliphatic carbocycles. The number of benzene rings is 1. The molecule has 2 heterocycles. The highest BCUT2D eigenvalue weighted by Crippen LogP contribution is 2.34. The molecule has 3 aromatic rings. The lowest BCUT2D eigenvalue weighted by molar-refractivity contribution is 0.301. The van der Waals surface area contributed by atoms with Crippen molar-refractivity contribution in [1.29, 1.82) is 0 Å². The number of aryl methyl sites for hydroxylation is 1. The Labute approximate surface area is 152 Å². The zero-order valence-corrected chi connectivity index (χ0v) is 14.9. The Kier molecular flexibility index (Phi) is 6.29. The van der Waals surface area contributed by atoms with Crippen LogP contribution >= 0.6 is 11.8 Å². The van der Waals surface area contributed by atoms with Crippen LogP contribution in [0.1, 0.15) is 12.0 Å².